The van der Waals surface area contributed by atoms with E-state index in [0.29, 0.717) is 11.3 Å². The van der Waals surface area contributed by atoms with Crippen molar-refractivity contribution in [2.24, 2.45) is 0 Å². The van der Waals surface area contributed by atoms with Crippen LogP contribution in [0.2, 0.25) is 0 Å². The predicted molar refractivity (Wildman–Crippen MR) is 98.8 cm³/mol. The van der Waals surface area contributed by atoms with Crippen LogP contribution in [0.5, 0.6) is 0 Å². The Kier molecular flexibility index (Phi) is 5.57. The molecule has 0 saturated carbocycles. The number of hydrogen-bond donors (Lipinski definition) is 1. The molecule has 2 rings (SSSR count). The average Bonchev–Trinajstić information content (AvgIpc) is 2.56. The number of ketones is 1. The lowest BCUT2D eigenvalue weighted by atomic mass is 10.0. The van der Waals surface area contributed by atoms with E-state index in [2.05, 4.69) is 4.72 Å². The molecule has 0 aliphatic heterocycles. The van der Waals surface area contributed by atoms with Gasteiger partial charge in [-0.1, -0.05) is 24.3 Å². The number of allylic oxidation sites excluding steroid dienone is 1. The van der Waals surface area contributed by atoms with Gasteiger partial charge in [0.05, 0.1) is 5.75 Å². The molecule has 5 heteroatoms. The number of nitrogens with one attached hydrogen (secondary N) is 1. The highest BCUT2D eigenvalue weighted by molar-refractivity contribution is 7.92. The second kappa shape index (κ2) is 7.45. The van der Waals surface area contributed by atoms with Crippen LogP contribution in [-0.4, -0.2) is 20.0 Å². The summed E-state index contributed by atoms with van der Waals surface area (Å²) in [5.41, 5.74) is 4.32. The third-order valence-electron chi connectivity index (χ3n) is 3.78. The summed E-state index contributed by atoms with van der Waals surface area (Å²) in [7, 11) is -3.31. The van der Waals surface area contributed by atoms with Crippen molar-refractivity contribution in [1.29, 1.82) is 0 Å². The van der Waals surface area contributed by atoms with E-state index in [0.717, 1.165) is 5.56 Å². The second-order valence-electron chi connectivity index (χ2n) is 5.62. The third kappa shape index (κ3) is 4.80. The smallest absolute Gasteiger partial charge is 0.232 e. The first-order chi connectivity index (χ1) is 11.3. The van der Waals surface area contributed by atoms with Crippen LogP contribution in [0, 0.1) is 13.8 Å². The van der Waals surface area contributed by atoms with E-state index in [1.165, 1.54) is 17.2 Å². The SMILES string of the molecule is CCS(=O)(=O)Nc1ccc(C(=O)/C=C/c2ccc(C)c(C)c2)cc1. The van der Waals surface area contributed by atoms with Gasteiger partial charge in [-0.05, 0) is 67.8 Å². The van der Waals surface area contributed by atoms with Crippen molar-refractivity contribution >= 4 is 27.6 Å². The molecule has 0 fully saturated rings. The number of benzene rings is 2. The van der Waals surface area contributed by atoms with Gasteiger partial charge in [-0.2, -0.15) is 0 Å². The van der Waals surface area contributed by atoms with E-state index in [1.54, 1.807) is 37.3 Å². The number of hydrogen-bond acceptors (Lipinski definition) is 3. The van der Waals surface area contributed by atoms with Crippen molar-refractivity contribution in [3.05, 3.63) is 70.8 Å². The molecule has 2 aromatic carbocycles. The molecule has 1 N–H and O–H groups in total. The zero-order valence-corrected chi connectivity index (χ0v) is 14.9. The van der Waals surface area contributed by atoms with Crippen LogP contribution in [0.4, 0.5) is 5.69 Å². The van der Waals surface area contributed by atoms with Gasteiger partial charge in [0.25, 0.3) is 0 Å². The molecule has 0 heterocycles. The molecule has 0 atom stereocenters. The van der Waals surface area contributed by atoms with Gasteiger partial charge >= 0.3 is 0 Å². The lowest BCUT2D eigenvalue weighted by molar-refractivity contribution is 0.104. The average molecular weight is 343 g/mol. The number of sulfonamides is 1. The summed E-state index contributed by atoms with van der Waals surface area (Å²) in [5, 5.41) is 0. The van der Waals surface area contributed by atoms with E-state index in [4.69, 9.17) is 0 Å². The lowest BCUT2D eigenvalue weighted by Crippen LogP contribution is -2.14. The van der Waals surface area contributed by atoms with Crippen LogP contribution >= 0.6 is 0 Å². The van der Waals surface area contributed by atoms with Crippen molar-refractivity contribution in [2.45, 2.75) is 20.8 Å². The van der Waals surface area contributed by atoms with Gasteiger partial charge in [-0.25, -0.2) is 8.42 Å². The summed E-state index contributed by atoms with van der Waals surface area (Å²) >= 11 is 0. The van der Waals surface area contributed by atoms with E-state index in [9.17, 15) is 13.2 Å². The standard InChI is InChI=1S/C19H21NO3S/c1-4-24(22,23)20-18-10-8-17(9-11-18)19(21)12-7-16-6-5-14(2)15(3)13-16/h5-13,20H,4H2,1-3H3/b12-7+. The monoisotopic (exact) mass is 343 g/mol. The summed E-state index contributed by atoms with van der Waals surface area (Å²) in [5.74, 6) is -0.120. The molecule has 126 valence electrons. The number of anilines is 1. The molecule has 2 aromatic rings. The first kappa shape index (κ1) is 17.9. The molecule has 0 bridgehead atoms. The Morgan fingerprint density at radius 2 is 1.71 bits per heavy atom. The summed E-state index contributed by atoms with van der Waals surface area (Å²) in [6.45, 7) is 5.64. The molecular formula is C19H21NO3S. The molecule has 24 heavy (non-hydrogen) atoms. The number of rotatable bonds is 6. The first-order valence-corrected chi connectivity index (χ1v) is 9.36. The van der Waals surface area contributed by atoms with Crippen LogP contribution in [0.15, 0.2) is 48.5 Å². The highest BCUT2D eigenvalue weighted by Crippen LogP contribution is 2.14. The van der Waals surface area contributed by atoms with Gasteiger partial charge in [0.15, 0.2) is 5.78 Å². The van der Waals surface area contributed by atoms with Gasteiger partial charge in [-0.15, -0.1) is 0 Å². The number of aryl methyl sites for hydroxylation is 2. The first-order valence-electron chi connectivity index (χ1n) is 7.71. The summed E-state index contributed by atoms with van der Waals surface area (Å²) in [6.07, 6.45) is 3.30. The third-order valence-corrected chi connectivity index (χ3v) is 5.09. The zero-order chi connectivity index (χ0) is 17.7. The lowest BCUT2D eigenvalue weighted by Gasteiger charge is -2.06. The Balaban J connectivity index is 2.09. The molecule has 0 amide bonds. The molecule has 0 aromatic heterocycles. The van der Waals surface area contributed by atoms with Crippen molar-refractivity contribution in [1.82, 2.24) is 0 Å². The van der Waals surface area contributed by atoms with E-state index in [1.807, 2.05) is 32.0 Å². The Hall–Kier alpha value is -2.40. The predicted octanol–water partition coefficient (Wildman–Crippen LogP) is 3.96. The maximum atomic E-state index is 12.2. The van der Waals surface area contributed by atoms with E-state index >= 15 is 0 Å². The highest BCUT2D eigenvalue weighted by atomic mass is 32.2. The van der Waals surface area contributed by atoms with Crippen LogP contribution in [0.1, 0.15) is 34.0 Å². The summed E-state index contributed by atoms with van der Waals surface area (Å²) in [4.78, 5) is 12.2. The maximum absolute atomic E-state index is 12.2. The fraction of sp³-hybridized carbons (Fsp3) is 0.211. The van der Waals surface area contributed by atoms with Crippen LogP contribution in [-0.2, 0) is 10.0 Å². The molecule has 0 unspecified atom stereocenters. The normalized spacial score (nSPS) is 11.6. The molecule has 4 nitrogen and oxygen atoms in total. The van der Waals surface area contributed by atoms with Crippen LogP contribution < -0.4 is 4.72 Å². The molecular weight excluding hydrogens is 322 g/mol. The Bertz CT molecular complexity index is 866. The Labute approximate surface area is 143 Å². The maximum Gasteiger partial charge on any atom is 0.232 e. The van der Waals surface area contributed by atoms with Crippen molar-refractivity contribution in [2.75, 3.05) is 10.5 Å². The van der Waals surface area contributed by atoms with E-state index < -0.39 is 10.0 Å². The summed E-state index contributed by atoms with van der Waals surface area (Å²) in [6, 6.07) is 12.4. The van der Waals surface area contributed by atoms with Crippen molar-refractivity contribution in [3.8, 4) is 0 Å². The van der Waals surface area contributed by atoms with Gasteiger partial charge in [0.1, 0.15) is 0 Å². The van der Waals surface area contributed by atoms with Crippen molar-refractivity contribution < 1.29 is 13.2 Å². The van der Waals surface area contributed by atoms with Gasteiger partial charge in [0.2, 0.25) is 10.0 Å². The minimum atomic E-state index is -3.31. The number of carbonyl (C=O) groups is 1. The zero-order valence-electron chi connectivity index (χ0n) is 14.0. The van der Waals surface area contributed by atoms with Gasteiger partial charge < -0.3 is 0 Å². The minimum Gasteiger partial charge on any atom is -0.289 e. The van der Waals surface area contributed by atoms with E-state index in [-0.39, 0.29) is 11.5 Å². The Morgan fingerprint density at radius 1 is 1.04 bits per heavy atom. The minimum absolute atomic E-state index is 0.00634. The van der Waals surface area contributed by atoms with Crippen LogP contribution in [0.25, 0.3) is 6.08 Å². The topological polar surface area (TPSA) is 63.2 Å². The molecule has 0 saturated heterocycles. The molecule has 0 radical (unpaired) electrons. The molecule has 0 aliphatic carbocycles. The van der Waals surface area contributed by atoms with Crippen LogP contribution in [0.3, 0.4) is 0 Å². The Morgan fingerprint density at radius 3 is 2.29 bits per heavy atom. The molecule has 0 spiro atoms. The largest absolute Gasteiger partial charge is 0.289 e. The van der Waals surface area contributed by atoms with Crippen molar-refractivity contribution in [3.63, 3.8) is 0 Å². The highest BCUT2D eigenvalue weighted by Gasteiger charge is 2.07. The fourth-order valence-corrected chi connectivity index (χ4v) is 2.73. The number of carbonyl (C=O) groups excluding carboxylic acids is 1. The van der Waals surface area contributed by atoms with Gasteiger partial charge in [0, 0.05) is 11.3 Å². The summed E-state index contributed by atoms with van der Waals surface area (Å²) < 4.78 is 25.5. The fourth-order valence-electron chi connectivity index (χ4n) is 2.09. The quantitative estimate of drug-likeness (QED) is 0.638. The molecule has 0 aliphatic rings. The second-order valence-corrected chi connectivity index (χ2v) is 7.64. The van der Waals surface area contributed by atoms with Gasteiger partial charge in [-0.3, -0.25) is 9.52 Å².